The summed E-state index contributed by atoms with van der Waals surface area (Å²) in [7, 11) is 1.69. The van der Waals surface area contributed by atoms with E-state index < -0.39 is 4.92 Å². The molecule has 2 N–H and O–H groups in total. The van der Waals surface area contributed by atoms with Crippen molar-refractivity contribution in [1.82, 2.24) is 4.90 Å². The van der Waals surface area contributed by atoms with Gasteiger partial charge in [-0.05, 0) is 12.5 Å². The van der Waals surface area contributed by atoms with Crippen LogP contribution in [0.3, 0.4) is 0 Å². The summed E-state index contributed by atoms with van der Waals surface area (Å²) in [6, 6.07) is 2.74. The van der Waals surface area contributed by atoms with Crippen molar-refractivity contribution in [2.45, 2.75) is 24.9 Å². The van der Waals surface area contributed by atoms with Gasteiger partial charge in [-0.25, -0.2) is 0 Å². The van der Waals surface area contributed by atoms with Crippen molar-refractivity contribution < 1.29 is 9.72 Å². The van der Waals surface area contributed by atoms with E-state index in [4.69, 9.17) is 5.73 Å². The lowest BCUT2D eigenvalue weighted by atomic mass is 9.96. The van der Waals surface area contributed by atoms with Crippen molar-refractivity contribution in [3.63, 3.8) is 0 Å². The molecule has 0 aliphatic carbocycles. The standard InChI is InChI=1S/C10H13N3O3S/c1-12-8(14)4-2-6(11)10(12)7-3-5-9(17-7)13(15)16/h3,5-6,10H,2,4,11H2,1H3. The molecular weight excluding hydrogens is 242 g/mol. The van der Waals surface area contributed by atoms with Gasteiger partial charge in [0.15, 0.2) is 0 Å². The monoisotopic (exact) mass is 255 g/mol. The second-order valence-electron chi connectivity index (χ2n) is 4.09. The molecule has 0 spiro atoms. The highest BCUT2D eigenvalue weighted by Crippen LogP contribution is 2.36. The number of hydrogen-bond donors (Lipinski definition) is 1. The maximum atomic E-state index is 11.6. The van der Waals surface area contributed by atoms with E-state index in [1.807, 2.05) is 0 Å². The van der Waals surface area contributed by atoms with Gasteiger partial charge in [-0.1, -0.05) is 11.3 Å². The highest BCUT2D eigenvalue weighted by atomic mass is 32.1. The van der Waals surface area contributed by atoms with Gasteiger partial charge >= 0.3 is 5.00 Å². The van der Waals surface area contributed by atoms with Crippen molar-refractivity contribution in [3.8, 4) is 0 Å². The molecule has 17 heavy (non-hydrogen) atoms. The zero-order valence-electron chi connectivity index (χ0n) is 9.33. The molecule has 0 saturated carbocycles. The van der Waals surface area contributed by atoms with Crippen LogP contribution in [0.15, 0.2) is 12.1 Å². The van der Waals surface area contributed by atoms with E-state index in [9.17, 15) is 14.9 Å². The molecule has 7 heteroatoms. The predicted molar refractivity (Wildman–Crippen MR) is 63.7 cm³/mol. The second kappa shape index (κ2) is 4.42. The number of rotatable bonds is 2. The minimum absolute atomic E-state index is 0.0350. The largest absolute Gasteiger partial charge is 0.336 e. The van der Waals surface area contributed by atoms with E-state index in [0.717, 1.165) is 16.2 Å². The molecule has 2 unspecified atom stereocenters. The Labute approximate surface area is 102 Å². The van der Waals surface area contributed by atoms with Crippen LogP contribution in [0.5, 0.6) is 0 Å². The van der Waals surface area contributed by atoms with Crippen molar-refractivity contribution in [3.05, 3.63) is 27.1 Å². The fourth-order valence-corrected chi connectivity index (χ4v) is 3.11. The molecule has 1 amide bonds. The van der Waals surface area contributed by atoms with Gasteiger partial charge in [0, 0.05) is 30.5 Å². The molecule has 1 fully saturated rings. The lowest BCUT2D eigenvalue weighted by Crippen LogP contribution is -2.46. The lowest BCUT2D eigenvalue weighted by molar-refractivity contribution is -0.380. The van der Waals surface area contributed by atoms with Crippen LogP contribution in [0, 0.1) is 10.1 Å². The summed E-state index contributed by atoms with van der Waals surface area (Å²) in [5.41, 5.74) is 5.99. The number of carbonyl (C=O) groups excluding carboxylic acids is 1. The molecule has 1 aromatic heterocycles. The van der Waals surface area contributed by atoms with E-state index in [0.29, 0.717) is 12.8 Å². The van der Waals surface area contributed by atoms with Crippen LogP contribution in [-0.4, -0.2) is 28.8 Å². The van der Waals surface area contributed by atoms with Crippen molar-refractivity contribution in [2.24, 2.45) is 5.73 Å². The third kappa shape index (κ3) is 2.16. The maximum Gasteiger partial charge on any atom is 0.324 e. The van der Waals surface area contributed by atoms with Crippen molar-refractivity contribution in [1.29, 1.82) is 0 Å². The van der Waals surface area contributed by atoms with E-state index in [2.05, 4.69) is 0 Å². The van der Waals surface area contributed by atoms with Crippen LogP contribution in [0.4, 0.5) is 5.00 Å². The smallest absolute Gasteiger partial charge is 0.324 e. The van der Waals surface area contributed by atoms with Crippen LogP contribution in [0.2, 0.25) is 0 Å². The summed E-state index contributed by atoms with van der Waals surface area (Å²) >= 11 is 1.08. The van der Waals surface area contributed by atoms with Gasteiger partial charge in [-0.2, -0.15) is 0 Å². The number of nitrogens with two attached hydrogens (primary N) is 1. The molecule has 2 atom stereocenters. The molecule has 2 heterocycles. The zero-order chi connectivity index (χ0) is 12.6. The van der Waals surface area contributed by atoms with Crippen LogP contribution in [-0.2, 0) is 4.79 Å². The highest BCUT2D eigenvalue weighted by Gasteiger charge is 2.34. The molecule has 0 bridgehead atoms. The van der Waals surface area contributed by atoms with Gasteiger partial charge in [0.05, 0.1) is 11.0 Å². The summed E-state index contributed by atoms with van der Waals surface area (Å²) < 4.78 is 0. The topological polar surface area (TPSA) is 89.5 Å². The number of hydrogen-bond acceptors (Lipinski definition) is 5. The van der Waals surface area contributed by atoms with Gasteiger partial charge in [0.2, 0.25) is 5.91 Å². The maximum absolute atomic E-state index is 11.6. The van der Waals surface area contributed by atoms with Gasteiger partial charge in [-0.3, -0.25) is 14.9 Å². The van der Waals surface area contributed by atoms with Crippen molar-refractivity contribution in [2.75, 3.05) is 7.05 Å². The van der Waals surface area contributed by atoms with Gasteiger partial charge < -0.3 is 10.6 Å². The third-order valence-corrected chi connectivity index (χ3v) is 4.10. The summed E-state index contributed by atoms with van der Waals surface area (Å²) in [6.45, 7) is 0. The minimum Gasteiger partial charge on any atom is -0.336 e. The van der Waals surface area contributed by atoms with E-state index in [1.165, 1.54) is 6.07 Å². The Hall–Kier alpha value is -1.47. The Morgan fingerprint density at radius 1 is 1.59 bits per heavy atom. The average Bonchev–Trinajstić information content (AvgIpc) is 2.73. The number of likely N-dealkylation sites (N-methyl/N-ethyl adjacent to an activating group) is 1. The van der Waals surface area contributed by atoms with Crippen LogP contribution < -0.4 is 5.73 Å². The van der Waals surface area contributed by atoms with E-state index in [-0.39, 0.29) is 23.0 Å². The summed E-state index contributed by atoms with van der Waals surface area (Å²) in [6.07, 6.45) is 1.07. The Morgan fingerprint density at radius 2 is 2.29 bits per heavy atom. The molecule has 6 nitrogen and oxygen atoms in total. The number of likely N-dealkylation sites (tertiary alicyclic amines) is 1. The first-order valence-corrected chi connectivity index (χ1v) is 6.07. The highest BCUT2D eigenvalue weighted by molar-refractivity contribution is 7.15. The van der Waals surface area contributed by atoms with Crippen LogP contribution in [0.25, 0.3) is 0 Å². The Kier molecular flexibility index (Phi) is 3.12. The lowest BCUT2D eigenvalue weighted by Gasteiger charge is -2.36. The van der Waals surface area contributed by atoms with Gasteiger partial charge in [0.1, 0.15) is 0 Å². The SMILES string of the molecule is CN1C(=O)CCC(N)C1c1ccc([N+](=O)[O-])s1. The molecule has 1 saturated heterocycles. The first kappa shape index (κ1) is 12.0. The van der Waals surface area contributed by atoms with Gasteiger partial charge in [-0.15, -0.1) is 0 Å². The van der Waals surface area contributed by atoms with Crippen LogP contribution in [0.1, 0.15) is 23.8 Å². The zero-order valence-corrected chi connectivity index (χ0v) is 10.1. The molecule has 1 aliphatic heterocycles. The van der Waals surface area contributed by atoms with Gasteiger partial charge in [0.25, 0.3) is 0 Å². The first-order chi connectivity index (χ1) is 8.00. The number of nitrogens with zero attached hydrogens (tertiary/aromatic N) is 2. The normalized spacial score (nSPS) is 25.1. The molecule has 92 valence electrons. The van der Waals surface area contributed by atoms with Crippen LogP contribution >= 0.6 is 11.3 Å². The number of piperidine rings is 1. The summed E-state index contributed by atoms with van der Waals surface area (Å²) in [5, 5.41) is 10.7. The molecule has 0 radical (unpaired) electrons. The fourth-order valence-electron chi connectivity index (χ4n) is 2.07. The molecule has 0 aromatic carbocycles. The second-order valence-corrected chi connectivity index (χ2v) is 5.18. The summed E-state index contributed by atoms with van der Waals surface area (Å²) in [5.74, 6) is 0.0350. The molecular formula is C10H13N3O3S. The average molecular weight is 255 g/mol. The molecule has 1 aliphatic rings. The predicted octanol–water partition coefficient (Wildman–Crippen LogP) is 1.28. The summed E-state index contributed by atoms with van der Waals surface area (Å²) in [4.78, 5) is 24.2. The van der Waals surface area contributed by atoms with Crippen molar-refractivity contribution >= 4 is 22.2 Å². The Morgan fingerprint density at radius 3 is 2.88 bits per heavy atom. The first-order valence-electron chi connectivity index (χ1n) is 5.26. The van der Waals surface area contributed by atoms with E-state index in [1.54, 1.807) is 18.0 Å². The quantitative estimate of drug-likeness (QED) is 0.636. The number of thiophene rings is 1. The fraction of sp³-hybridized carbons (Fsp3) is 0.500. The number of carbonyl (C=O) groups is 1. The van der Waals surface area contributed by atoms with E-state index >= 15 is 0 Å². The Bertz CT molecular complexity index is 459. The number of amides is 1. The number of nitro groups is 1. The molecule has 2 rings (SSSR count). The molecule has 1 aromatic rings. The third-order valence-electron chi connectivity index (χ3n) is 2.99. The Balaban J connectivity index is 2.29. The minimum atomic E-state index is -0.426.